The maximum atomic E-state index is 14.2. The fourth-order valence-corrected chi connectivity index (χ4v) is 7.64. The van der Waals surface area contributed by atoms with Crippen LogP contribution >= 0.6 is 0 Å². The van der Waals surface area contributed by atoms with Gasteiger partial charge in [0.1, 0.15) is 24.4 Å². The first-order valence-electron chi connectivity index (χ1n) is 16.8. The summed E-state index contributed by atoms with van der Waals surface area (Å²) < 4.78 is 36.6. The van der Waals surface area contributed by atoms with Gasteiger partial charge in [0.05, 0.1) is 29.9 Å². The molecule has 48 heavy (non-hydrogen) atoms. The molecule has 1 N–H and O–H groups in total. The van der Waals surface area contributed by atoms with Gasteiger partial charge in [-0.25, -0.2) is 4.79 Å². The fraction of sp³-hybridized carbons (Fsp3) is 0.800. The molecule has 3 fully saturated rings. The molecule has 3 saturated heterocycles. The van der Waals surface area contributed by atoms with E-state index >= 15 is 0 Å². The van der Waals surface area contributed by atoms with E-state index in [1.54, 1.807) is 41.5 Å². The number of rotatable bonds is 7. The third-order valence-corrected chi connectivity index (χ3v) is 10.2. The van der Waals surface area contributed by atoms with Crippen molar-refractivity contribution in [3.63, 3.8) is 0 Å². The molecule has 0 aliphatic carbocycles. The van der Waals surface area contributed by atoms with Gasteiger partial charge in [0.25, 0.3) is 0 Å². The van der Waals surface area contributed by atoms with Crippen molar-refractivity contribution in [3.05, 3.63) is 0 Å². The monoisotopic (exact) mass is 678 g/mol. The van der Waals surface area contributed by atoms with E-state index in [9.17, 15) is 24.0 Å². The number of likely N-dealkylation sites (N-methyl/N-ethyl adjacent to an activating group) is 1. The summed E-state index contributed by atoms with van der Waals surface area (Å²) in [5.41, 5.74) is -2.78. The number of fused-ring (bicyclic) bond motifs is 1. The lowest BCUT2D eigenvalue weighted by Gasteiger charge is -2.47. The number of ether oxygens (including phenoxy) is 6. The second kappa shape index (κ2) is 15.7. The number of carbonyl (C=O) groups excluding carboxylic acids is 5. The zero-order valence-electron chi connectivity index (χ0n) is 30.2. The van der Waals surface area contributed by atoms with Crippen LogP contribution < -0.4 is 5.32 Å². The van der Waals surface area contributed by atoms with Gasteiger partial charge in [-0.1, -0.05) is 33.6 Å². The van der Waals surface area contributed by atoms with Crippen LogP contribution in [0.2, 0.25) is 0 Å². The van der Waals surface area contributed by atoms with Crippen molar-refractivity contribution in [3.8, 4) is 12.3 Å². The standard InChI is InChI=1S/C35H54N2O11/c1-13-15-43-34(9)17-18(3)26(39)20(5)29-35(10,48-33(42)36-29)25(14-2)46-31(41)22(7)27(40)21(6)30(34)47-32-28(45-23(8)38)24(37(11)12)16-19(4)44-32/h1,18-22,24-25,28-30,32H,14-17H2,2-12H3,(H,36,42)/t18-,19-,20+,21+,22-,24?,25-,28?,29?,30?,32?,34+,35-/m1/s1. The van der Waals surface area contributed by atoms with Crippen molar-refractivity contribution >= 4 is 29.6 Å². The Morgan fingerprint density at radius 1 is 1.06 bits per heavy atom. The summed E-state index contributed by atoms with van der Waals surface area (Å²) in [6.07, 6.45) is 1.33. The maximum absolute atomic E-state index is 14.2. The predicted octanol–water partition coefficient (Wildman–Crippen LogP) is 3.05. The number of nitrogens with zero attached hydrogens (tertiary/aromatic N) is 1. The lowest BCUT2D eigenvalue weighted by atomic mass is 9.73. The largest absolute Gasteiger partial charge is 0.458 e. The van der Waals surface area contributed by atoms with Crippen LogP contribution in [0.25, 0.3) is 0 Å². The number of carbonyl (C=O) groups is 5. The molecule has 1 amide bonds. The summed E-state index contributed by atoms with van der Waals surface area (Å²) in [5.74, 6) is -3.35. The van der Waals surface area contributed by atoms with Crippen LogP contribution in [0.15, 0.2) is 0 Å². The average molecular weight is 679 g/mol. The van der Waals surface area contributed by atoms with Gasteiger partial charge in [0.2, 0.25) is 0 Å². The highest BCUT2D eigenvalue weighted by Gasteiger charge is 2.57. The summed E-state index contributed by atoms with van der Waals surface area (Å²) in [6, 6.07) is -1.12. The van der Waals surface area contributed by atoms with E-state index in [1.165, 1.54) is 13.8 Å². The number of Topliss-reactive ketones (excluding diaryl/α,β-unsaturated/α-hetero) is 2. The van der Waals surface area contributed by atoms with E-state index in [2.05, 4.69) is 11.2 Å². The van der Waals surface area contributed by atoms with Gasteiger partial charge in [-0.3, -0.25) is 19.2 Å². The molecule has 5 unspecified atom stereocenters. The minimum Gasteiger partial charge on any atom is -0.458 e. The number of hydrogen-bond donors (Lipinski definition) is 1. The van der Waals surface area contributed by atoms with Gasteiger partial charge in [-0.05, 0) is 61.1 Å². The summed E-state index contributed by atoms with van der Waals surface area (Å²) >= 11 is 0. The lowest BCUT2D eigenvalue weighted by Crippen LogP contribution is -2.61. The van der Waals surface area contributed by atoms with E-state index in [4.69, 9.17) is 34.8 Å². The molecule has 0 bridgehead atoms. The molecule has 13 atom stereocenters. The average Bonchev–Trinajstić information content (AvgIpc) is 3.33. The highest BCUT2D eigenvalue weighted by molar-refractivity contribution is 6.00. The Labute approximate surface area is 284 Å². The first-order chi connectivity index (χ1) is 22.3. The molecule has 0 radical (unpaired) electrons. The second-order valence-electron chi connectivity index (χ2n) is 14.3. The number of nitrogens with one attached hydrogen (secondary N) is 1. The SMILES string of the molecule is C#CCO[C@@]1(C)C[C@@H](C)C(=O)[C@H](C)C2NC(=O)O[C@]2(C)[C@@H](CC)OC(=O)[C@H](C)C(=O)[C@H](C)C1OC1O[C@H](C)CC(N(C)C)C1OC(C)=O. The van der Waals surface area contributed by atoms with Gasteiger partial charge in [-0.15, -0.1) is 6.42 Å². The Morgan fingerprint density at radius 3 is 2.27 bits per heavy atom. The molecular formula is C35H54N2O11. The second-order valence-corrected chi connectivity index (χ2v) is 14.3. The van der Waals surface area contributed by atoms with Crippen LogP contribution in [0.3, 0.4) is 0 Å². The number of terminal acetylenes is 1. The highest BCUT2D eigenvalue weighted by atomic mass is 16.7. The zero-order valence-corrected chi connectivity index (χ0v) is 30.2. The molecule has 13 nitrogen and oxygen atoms in total. The Balaban J connectivity index is 2.18. The van der Waals surface area contributed by atoms with Crippen molar-refractivity contribution in [1.29, 1.82) is 0 Å². The van der Waals surface area contributed by atoms with E-state index in [0.29, 0.717) is 6.42 Å². The molecule has 270 valence electrons. The Bertz CT molecular complexity index is 1270. The summed E-state index contributed by atoms with van der Waals surface area (Å²) in [4.78, 5) is 68.8. The topological polar surface area (TPSA) is 156 Å². The maximum Gasteiger partial charge on any atom is 0.408 e. The first-order valence-corrected chi connectivity index (χ1v) is 16.8. The van der Waals surface area contributed by atoms with Gasteiger partial charge in [0.15, 0.2) is 23.8 Å². The number of cyclic esters (lactones) is 1. The molecule has 0 aromatic heterocycles. The van der Waals surface area contributed by atoms with Crippen molar-refractivity contribution in [2.45, 2.75) is 136 Å². The van der Waals surface area contributed by atoms with E-state index in [1.807, 2.05) is 25.9 Å². The predicted molar refractivity (Wildman–Crippen MR) is 173 cm³/mol. The van der Waals surface area contributed by atoms with Crippen LogP contribution in [0.4, 0.5) is 4.79 Å². The number of esters is 2. The third kappa shape index (κ3) is 8.21. The summed E-state index contributed by atoms with van der Waals surface area (Å²) in [7, 11) is 3.72. The Kier molecular flexibility index (Phi) is 12.9. The van der Waals surface area contributed by atoms with Crippen molar-refractivity contribution in [2.24, 2.45) is 23.7 Å². The highest BCUT2D eigenvalue weighted by Crippen LogP contribution is 2.40. The van der Waals surface area contributed by atoms with Gasteiger partial charge in [-0.2, -0.15) is 0 Å². The van der Waals surface area contributed by atoms with E-state index < -0.39 is 89.3 Å². The minimum atomic E-state index is -1.40. The third-order valence-electron chi connectivity index (χ3n) is 10.2. The number of hydrogen-bond acceptors (Lipinski definition) is 12. The van der Waals surface area contributed by atoms with E-state index in [0.717, 1.165) is 0 Å². The quantitative estimate of drug-likeness (QED) is 0.182. The smallest absolute Gasteiger partial charge is 0.408 e. The number of amides is 1. The van der Waals surface area contributed by atoms with Crippen LogP contribution in [0.5, 0.6) is 0 Å². The summed E-state index contributed by atoms with van der Waals surface area (Å²) in [5, 5.41) is 2.75. The molecule has 0 aromatic rings. The lowest BCUT2D eigenvalue weighted by molar-refractivity contribution is -0.299. The molecule has 3 aliphatic heterocycles. The van der Waals surface area contributed by atoms with Gasteiger partial charge < -0.3 is 38.6 Å². The summed E-state index contributed by atoms with van der Waals surface area (Å²) in [6.45, 7) is 14.6. The molecule has 13 heteroatoms. The van der Waals surface area contributed by atoms with Crippen LogP contribution in [-0.4, -0.2) is 109 Å². The van der Waals surface area contributed by atoms with Crippen LogP contribution in [0.1, 0.15) is 81.6 Å². The zero-order chi connectivity index (χ0) is 36.3. The van der Waals surface area contributed by atoms with Crippen LogP contribution in [0, 0.1) is 36.0 Å². The number of ketones is 2. The van der Waals surface area contributed by atoms with Crippen molar-refractivity contribution in [2.75, 3.05) is 20.7 Å². The normalized spacial score (nSPS) is 41.4. The molecule has 0 spiro atoms. The minimum absolute atomic E-state index is 0.0476. The molecule has 3 heterocycles. The molecule has 0 saturated carbocycles. The molecule has 3 rings (SSSR count). The first kappa shape index (κ1) is 39.4. The Hall–Kier alpha value is -3.05. The molecule has 3 aliphatic rings. The van der Waals surface area contributed by atoms with Crippen molar-refractivity contribution < 1.29 is 52.4 Å². The van der Waals surface area contributed by atoms with Crippen LogP contribution in [-0.2, 0) is 47.6 Å². The molecule has 0 aromatic carbocycles. The van der Waals surface area contributed by atoms with Crippen molar-refractivity contribution in [1.82, 2.24) is 10.2 Å². The van der Waals surface area contributed by atoms with Gasteiger partial charge in [0, 0.05) is 24.7 Å². The van der Waals surface area contributed by atoms with Gasteiger partial charge >= 0.3 is 18.0 Å². The molecular weight excluding hydrogens is 624 g/mol. The number of alkyl carbamates (subject to hydrolysis) is 1. The Morgan fingerprint density at radius 2 is 1.71 bits per heavy atom. The fourth-order valence-electron chi connectivity index (χ4n) is 7.64. The van der Waals surface area contributed by atoms with E-state index in [-0.39, 0.29) is 37.4 Å².